The number of rotatable bonds is 3. The normalized spacial score (nSPS) is 11.4. The molecule has 0 radical (unpaired) electrons. The van der Waals surface area contributed by atoms with Crippen molar-refractivity contribution < 1.29 is 13.2 Å². The molecule has 2 aromatic rings. The summed E-state index contributed by atoms with van der Waals surface area (Å²) in [7, 11) is 0. The summed E-state index contributed by atoms with van der Waals surface area (Å²) in [5.41, 5.74) is 5.99. The van der Waals surface area contributed by atoms with Crippen molar-refractivity contribution in [2.24, 2.45) is 5.73 Å². The molecule has 100 valence electrons. The van der Waals surface area contributed by atoms with Crippen LogP contribution >= 0.6 is 0 Å². The Hall–Kier alpha value is -2.15. The number of aromatic nitrogens is 2. The minimum atomic E-state index is -4.48. The number of benzene rings is 1. The van der Waals surface area contributed by atoms with Crippen LogP contribution in [0.5, 0.6) is 0 Å². The number of halogens is 3. The van der Waals surface area contributed by atoms with Gasteiger partial charge < -0.3 is 11.1 Å². The third kappa shape index (κ3) is 3.41. The van der Waals surface area contributed by atoms with E-state index >= 15 is 0 Å². The third-order valence-corrected chi connectivity index (χ3v) is 2.39. The highest BCUT2D eigenvalue weighted by Crippen LogP contribution is 2.28. The van der Waals surface area contributed by atoms with Crippen molar-refractivity contribution in [3.05, 3.63) is 47.8 Å². The van der Waals surface area contributed by atoms with Crippen LogP contribution in [0.25, 0.3) is 0 Å². The van der Waals surface area contributed by atoms with Crippen LogP contribution in [0.1, 0.15) is 11.3 Å². The molecule has 0 aliphatic rings. The van der Waals surface area contributed by atoms with Gasteiger partial charge >= 0.3 is 6.18 Å². The fraction of sp³-hybridized carbons (Fsp3) is 0.167. The second-order valence-electron chi connectivity index (χ2n) is 3.79. The molecule has 0 fully saturated rings. The molecule has 0 unspecified atom stereocenters. The van der Waals surface area contributed by atoms with Gasteiger partial charge in [0.2, 0.25) is 5.95 Å². The van der Waals surface area contributed by atoms with Crippen molar-refractivity contribution in [3.8, 4) is 0 Å². The number of nitrogens with zero attached hydrogens (tertiary/aromatic N) is 2. The van der Waals surface area contributed by atoms with Gasteiger partial charge in [-0.25, -0.2) is 9.97 Å². The minimum Gasteiger partial charge on any atom is -0.326 e. The Morgan fingerprint density at radius 1 is 1.11 bits per heavy atom. The van der Waals surface area contributed by atoms with Crippen LogP contribution in [0.15, 0.2) is 36.5 Å². The first-order valence-corrected chi connectivity index (χ1v) is 5.45. The second-order valence-corrected chi connectivity index (χ2v) is 3.79. The van der Waals surface area contributed by atoms with Gasteiger partial charge in [-0.1, -0.05) is 12.1 Å². The Labute approximate surface area is 107 Å². The molecule has 0 bridgehead atoms. The molecule has 1 aromatic heterocycles. The second kappa shape index (κ2) is 5.23. The summed E-state index contributed by atoms with van der Waals surface area (Å²) in [6.07, 6.45) is -3.42. The van der Waals surface area contributed by atoms with Crippen LogP contribution in [-0.4, -0.2) is 9.97 Å². The first kappa shape index (κ1) is 13.3. The van der Waals surface area contributed by atoms with Crippen molar-refractivity contribution in [3.63, 3.8) is 0 Å². The van der Waals surface area contributed by atoms with Crippen molar-refractivity contribution in [1.82, 2.24) is 9.97 Å². The average molecular weight is 268 g/mol. The number of nitrogens with two attached hydrogens (primary N) is 1. The molecule has 3 N–H and O–H groups in total. The highest BCUT2D eigenvalue weighted by Gasteiger charge is 2.32. The van der Waals surface area contributed by atoms with E-state index in [2.05, 4.69) is 15.3 Å². The predicted octanol–water partition coefficient (Wildman–Crippen LogP) is 2.70. The zero-order valence-electron chi connectivity index (χ0n) is 9.78. The summed E-state index contributed by atoms with van der Waals surface area (Å²) in [5.74, 6) is -0.102. The Kier molecular flexibility index (Phi) is 3.66. The lowest BCUT2D eigenvalue weighted by Crippen LogP contribution is -2.10. The first-order valence-electron chi connectivity index (χ1n) is 5.45. The molecule has 0 spiro atoms. The Balaban J connectivity index is 2.18. The van der Waals surface area contributed by atoms with Gasteiger partial charge in [0.1, 0.15) is 5.69 Å². The first-order chi connectivity index (χ1) is 8.99. The highest BCUT2D eigenvalue weighted by molar-refractivity contribution is 5.53. The summed E-state index contributed by atoms with van der Waals surface area (Å²) in [6.45, 7) is 0.403. The Bertz CT molecular complexity index is 552. The molecule has 4 nitrogen and oxygen atoms in total. The molecule has 7 heteroatoms. The van der Waals surface area contributed by atoms with E-state index in [-0.39, 0.29) is 5.95 Å². The van der Waals surface area contributed by atoms with E-state index in [0.29, 0.717) is 12.2 Å². The van der Waals surface area contributed by atoms with Crippen LogP contribution in [0, 0.1) is 0 Å². The number of nitrogens with one attached hydrogen (secondary N) is 1. The highest BCUT2D eigenvalue weighted by atomic mass is 19.4. The topological polar surface area (TPSA) is 63.8 Å². The van der Waals surface area contributed by atoms with Crippen LogP contribution in [0.2, 0.25) is 0 Å². The quantitative estimate of drug-likeness (QED) is 0.898. The van der Waals surface area contributed by atoms with Crippen LogP contribution in [0.3, 0.4) is 0 Å². The van der Waals surface area contributed by atoms with E-state index in [1.54, 1.807) is 24.3 Å². The van der Waals surface area contributed by atoms with Gasteiger partial charge in [-0.2, -0.15) is 13.2 Å². The zero-order chi connectivity index (χ0) is 13.9. The molecule has 1 heterocycles. The van der Waals surface area contributed by atoms with E-state index in [1.165, 1.54) is 0 Å². The maximum Gasteiger partial charge on any atom is 0.433 e. The van der Waals surface area contributed by atoms with Crippen LogP contribution in [-0.2, 0) is 12.7 Å². The average Bonchev–Trinajstić information content (AvgIpc) is 2.39. The number of anilines is 2. The van der Waals surface area contributed by atoms with E-state index in [0.717, 1.165) is 17.8 Å². The van der Waals surface area contributed by atoms with Crippen LogP contribution < -0.4 is 11.1 Å². The number of hydrogen-bond donors (Lipinski definition) is 2. The maximum absolute atomic E-state index is 12.5. The summed E-state index contributed by atoms with van der Waals surface area (Å²) in [4.78, 5) is 7.15. The third-order valence-electron chi connectivity index (χ3n) is 2.39. The minimum absolute atomic E-state index is 0.102. The molecule has 0 saturated heterocycles. The molecule has 0 atom stereocenters. The molecule has 2 rings (SSSR count). The fourth-order valence-electron chi connectivity index (χ4n) is 1.43. The van der Waals surface area contributed by atoms with Gasteiger partial charge in [-0.3, -0.25) is 0 Å². The molecule has 0 aliphatic carbocycles. The van der Waals surface area contributed by atoms with E-state index < -0.39 is 11.9 Å². The maximum atomic E-state index is 12.5. The predicted molar refractivity (Wildman–Crippen MR) is 64.7 cm³/mol. The van der Waals surface area contributed by atoms with Gasteiger partial charge in [0.25, 0.3) is 0 Å². The fourth-order valence-corrected chi connectivity index (χ4v) is 1.43. The molecular weight excluding hydrogens is 257 g/mol. The number of hydrogen-bond acceptors (Lipinski definition) is 4. The monoisotopic (exact) mass is 268 g/mol. The molecule has 19 heavy (non-hydrogen) atoms. The van der Waals surface area contributed by atoms with Gasteiger partial charge in [0.05, 0.1) is 0 Å². The van der Waals surface area contributed by atoms with Crippen molar-refractivity contribution >= 4 is 11.6 Å². The van der Waals surface area contributed by atoms with Crippen molar-refractivity contribution in [1.29, 1.82) is 0 Å². The SMILES string of the molecule is NCc1ccc(Nc2nccc(C(F)(F)F)n2)cc1. The smallest absolute Gasteiger partial charge is 0.326 e. The van der Waals surface area contributed by atoms with E-state index in [9.17, 15) is 13.2 Å². The standard InChI is InChI=1S/C12H11F3N4/c13-12(14,15)10-5-6-17-11(19-10)18-9-3-1-8(7-16)2-4-9/h1-6H,7,16H2,(H,17,18,19). The van der Waals surface area contributed by atoms with E-state index in [1.807, 2.05) is 0 Å². The molecule has 1 aromatic carbocycles. The van der Waals surface area contributed by atoms with Gasteiger partial charge in [-0.15, -0.1) is 0 Å². The summed E-state index contributed by atoms with van der Waals surface area (Å²) >= 11 is 0. The van der Waals surface area contributed by atoms with E-state index in [4.69, 9.17) is 5.73 Å². The summed E-state index contributed by atoms with van der Waals surface area (Å²) in [5, 5.41) is 2.70. The molecular formula is C12H11F3N4. The summed E-state index contributed by atoms with van der Waals surface area (Å²) < 4.78 is 37.4. The number of alkyl halides is 3. The Morgan fingerprint density at radius 2 is 1.79 bits per heavy atom. The van der Waals surface area contributed by atoms with Crippen molar-refractivity contribution in [2.75, 3.05) is 5.32 Å². The molecule has 0 aliphatic heterocycles. The molecule has 0 saturated carbocycles. The largest absolute Gasteiger partial charge is 0.433 e. The molecule has 0 amide bonds. The van der Waals surface area contributed by atoms with Gasteiger partial charge in [0.15, 0.2) is 0 Å². The van der Waals surface area contributed by atoms with Gasteiger partial charge in [-0.05, 0) is 23.8 Å². The zero-order valence-corrected chi connectivity index (χ0v) is 9.78. The Morgan fingerprint density at radius 3 is 2.37 bits per heavy atom. The van der Waals surface area contributed by atoms with Crippen LogP contribution in [0.4, 0.5) is 24.8 Å². The lowest BCUT2D eigenvalue weighted by Gasteiger charge is -2.08. The van der Waals surface area contributed by atoms with Gasteiger partial charge in [0, 0.05) is 18.4 Å². The lowest BCUT2D eigenvalue weighted by atomic mass is 10.2. The van der Waals surface area contributed by atoms with Crippen molar-refractivity contribution in [2.45, 2.75) is 12.7 Å². The lowest BCUT2D eigenvalue weighted by molar-refractivity contribution is -0.141. The summed E-state index contributed by atoms with van der Waals surface area (Å²) in [6, 6.07) is 7.77.